The van der Waals surface area contributed by atoms with Crippen molar-refractivity contribution in [2.45, 2.75) is 131 Å². The topological polar surface area (TPSA) is 229 Å². The molecule has 0 aliphatic carbocycles. The zero-order valence-electron chi connectivity index (χ0n) is 54.2. The minimum atomic E-state index is -4.83. The quantitative estimate of drug-likeness (QED) is 0.0307. The number of alkyl halides is 6. The van der Waals surface area contributed by atoms with Gasteiger partial charge in [-0.2, -0.15) is 26.3 Å². The number of carboxylic acids is 1. The van der Waals surface area contributed by atoms with Crippen LogP contribution in [0.4, 0.5) is 55.3 Å². The monoisotopic (exact) mass is 1370 g/mol. The minimum Gasteiger partial charge on any atom is -0.870 e. The number of nitrogens with zero attached hydrogens (tertiary/aromatic N) is 2. The minimum absolute atomic E-state index is 0. The molecule has 4 atom stereocenters. The molecule has 6 aromatic carbocycles. The van der Waals surface area contributed by atoms with Crippen LogP contribution in [0.3, 0.4) is 0 Å². The van der Waals surface area contributed by atoms with Crippen molar-refractivity contribution in [2.24, 2.45) is 14.1 Å². The van der Waals surface area contributed by atoms with Crippen molar-refractivity contribution < 1.29 is 102 Å². The standard InChI is InChI=1S/C33H32F5N3O4.C32H30F5N3O4.C4H8O.2CH4.Li.H2O/c1-6-17(2)39-20-15-25(34)29(26(35)16-20)30(42)40-27(32(44)45-5)14-19-11-12-23(22-10-8-7-9-21(19)22)28-24(33(36,37)38)13-18(3)41(4)31(28)43;1-5-16(2)38-19-14-24(33)28(25(34)15-19)29(41)39-26(31(43)44)13-18-10-11-22(21-9-7-6-8-20(18)21)27-23(32(35,36)37)12-17(3)40(4)30(27)42;1-2-4-5-3-1;;;;/h7-13,15-17,27,39H,6,14H2,1-5H3,(H,40,42);6-12,14-16,26,38H,5,13H2,1-4H3,(H,39,41)(H,43,44);1-4H2;2*1H4;;1H2/q;;;;;+1;/p-1/t17-,27-;16-,26-;;;;;/m00...../s1. The Kier molecular flexibility index (Phi) is 30.2. The molecule has 1 saturated heterocycles. The summed E-state index contributed by atoms with van der Waals surface area (Å²) in [7, 11) is 3.81. The second-order valence-corrected chi connectivity index (χ2v) is 22.7. The number of carboxylic acid groups (broad SMARTS) is 1. The number of benzene rings is 6. The molecule has 0 saturated carbocycles. The maximum Gasteiger partial charge on any atom is 1.00 e. The summed E-state index contributed by atoms with van der Waals surface area (Å²) < 4.78 is 156. The van der Waals surface area contributed by atoms with Crippen molar-refractivity contribution >= 4 is 56.7 Å². The fourth-order valence-corrected chi connectivity index (χ4v) is 10.6. The van der Waals surface area contributed by atoms with E-state index >= 15 is 0 Å². The third kappa shape index (κ3) is 19.4. The van der Waals surface area contributed by atoms with Gasteiger partial charge in [0.2, 0.25) is 0 Å². The summed E-state index contributed by atoms with van der Waals surface area (Å²) in [5.41, 5.74) is -5.62. The SMILES string of the molecule is C.C.C1CCOC1.CC[C@H](C)Nc1cc(F)c(C(=O)N[C@@H](Cc2ccc(-c3c(C(F)(F)F)cc(C)n(C)c3=O)c3ccccc23)C(=O)O)c(F)c1.CC[C@H](C)Nc1cc(F)c(C(=O)N[C@@H](Cc2ccc(-c3c(C(F)(F)F)cc(C)n(C)c3=O)c3ccccc23)C(=O)OC)c(F)c1.[Li+].[OH-]. The Balaban J connectivity index is 0.000000457. The number of esters is 1. The van der Waals surface area contributed by atoms with E-state index in [4.69, 9.17) is 9.47 Å². The van der Waals surface area contributed by atoms with Gasteiger partial charge in [-0.1, -0.05) is 101 Å². The molecule has 0 spiro atoms. The predicted octanol–water partition coefficient (Wildman–Crippen LogP) is 11.9. The molecule has 6 N–H and O–H groups in total. The Bertz CT molecular complexity index is 4240. The molecule has 98 heavy (non-hydrogen) atoms. The van der Waals surface area contributed by atoms with E-state index in [2.05, 4.69) is 21.3 Å². The van der Waals surface area contributed by atoms with Crippen LogP contribution in [0, 0.1) is 37.1 Å². The molecule has 0 unspecified atom stereocenters. The van der Waals surface area contributed by atoms with E-state index in [-0.39, 0.29) is 109 Å². The number of anilines is 2. The van der Waals surface area contributed by atoms with Crippen molar-refractivity contribution in [3.05, 3.63) is 198 Å². The molecule has 1 aliphatic heterocycles. The number of hydrogen-bond donors (Lipinski definition) is 5. The maximum absolute atomic E-state index is 14.9. The van der Waals surface area contributed by atoms with Gasteiger partial charge in [-0.3, -0.25) is 19.2 Å². The van der Waals surface area contributed by atoms with Crippen molar-refractivity contribution in [3.63, 3.8) is 0 Å². The second kappa shape index (κ2) is 35.5. The summed E-state index contributed by atoms with van der Waals surface area (Å²) in [6, 6.07) is 20.4. The number of halogens is 10. The summed E-state index contributed by atoms with van der Waals surface area (Å²) in [6.45, 7) is 12.2. The van der Waals surface area contributed by atoms with Gasteiger partial charge in [0.15, 0.2) is 0 Å². The van der Waals surface area contributed by atoms with Crippen molar-refractivity contribution in [1.82, 2.24) is 19.8 Å². The number of hydrogen-bond acceptors (Lipinski definition) is 11. The number of aliphatic carboxylic acids is 1. The van der Waals surface area contributed by atoms with Crippen LogP contribution in [0.5, 0.6) is 0 Å². The molecule has 27 heteroatoms. The van der Waals surface area contributed by atoms with Gasteiger partial charge in [0, 0.05) is 75.0 Å². The summed E-state index contributed by atoms with van der Waals surface area (Å²) in [5, 5.41) is 21.5. The van der Waals surface area contributed by atoms with Gasteiger partial charge >= 0.3 is 43.2 Å². The normalized spacial score (nSPS) is 13.0. The average molecular weight is 1370 g/mol. The van der Waals surface area contributed by atoms with Gasteiger partial charge in [0.1, 0.15) is 46.5 Å². The number of rotatable bonds is 18. The molecule has 2 amide bonds. The van der Waals surface area contributed by atoms with Crippen LogP contribution in [0.25, 0.3) is 43.8 Å². The molecule has 3 heterocycles. The number of amides is 2. The number of carbonyl (C=O) groups excluding carboxylic acids is 3. The first-order valence-corrected chi connectivity index (χ1v) is 29.9. The van der Waals surface area contributed by atoms with Gasteiger partial charge in [-0.05, 0) is 134 Å². The Labute approximate surface area is 572 Å². The molecule has 2 aromatic heterocycles. The number of ether oxygens (including phenoxy) is 2. The zero-order valence-corrected chi connectivity index (χ0v) is 54.2. The van der Waals surface area contributed by atoms with Crippen LogP contribution in [0.1, 0.15) is 123 Å². The summed E-state index contributed by atoms with van der Waals surface area (Å²) in [5.74, 6) is -9.57. The Morgan fingerprint density at radius 1 is 0.571 bits per heavy atom. The molecule has 0 bridgehead atoms. The average Bonchev–Trinajstić information content (AvgIpc) is 0.906. The zero-order chi connectivity index (χ0) is 69.3. The van der Waals surface area contributed by atoms with Crippen molar-refractivity contribution in [3.8, 4) is 22.3 Å². The summed E-state index contributed by atoms with van der Waals surface area (Å²) in [6.07, 6.45) is -6.36. The Morgan fingerprint density at radius 2 is 0.908 bits per heavy atom. The number of methoxy groups -OCH3 is 1. The van der Waals surface area contributed by atoms with E-state index in [0.29, 0.717) is 34.7 Å². The first-order chi connectivity index (χ1) is 44.3. The fraction of sp³-hybridized carbons (Fsp3) is 0.352. The molecular weight excluding hydrogens is 1290 g/mol. The number of fused-ring (bicyclic) bond motifs is 2. The van der Waals surface area contributed by atoms with E-state index in [0.717, 1.165) is 65.9 Å². The van der Waals surface area contributed by atoms with Crippen LogP contribution < -0.4 is 51.2 Å². The van der Waals surface area contributed by atoms with Gasteiger partial charge in [0.25, 0.3) is 22.9 Å². The molecule has 1 fully saturated rings. The summed E-state index contributed by atoms with van der Waals surface area (Å²) in [4.78, 5) is 77.2. The Morgan fingerprint density at radius 3 is 1.21 bits per heavy atom. The largest absolute Gasteiger partial charge is 1.00 e. The van der Waals surface area contributed by atoms with Gasteiger partial charge in [-0.25, -0.2) is 27.2 Å². The van der Waals surface area contributed by atoms with E-state index in [1.165, 1.54) is 71.1 Å². The van der Waals surface area contributed by atoms with Crippen LogP contribution in [-0.2, 0) is 58.4 Å². The van der Waals surface area contributed by atoms with E-state index < -0.39 is 116 Å². The van der Waals surface area contributed by atoms with E-state index in [1.807, 2.05) is 20.8 Å². The van der Waals surface area contributed by atoms with Crippen molar-refractivity contribution in [1.29, 1.82) is 0 Å². The number of carbonyl (C=O) groups is 4. The fourth-order valence-electron chi connectivity index (χ4n) is 10.6. The number of nitrogens with one attached hydrogen (secondary N) is 4. The van der Waals surface area contributed by atoms with Crippen LogP contribution >= 0.6 is 0 Å². The third-order valence-electron chi connectivity index (χ3n) is 16.2. The number of aryl methyl sites for hydroxylation is 2. The third-order valence-corrected chi connectivity index (χ3v) is 16.2. The second-order valence-electron chi connectivity index (χ2n) is 22.7. The molecule has 8 aromatic rings. The van der Waals surface area contributed by atoms with Gasteiger partial charge < -0.3 is 50.5 Å². The van der Waals surface area contributed by atoms with Gasteiger partial charge in [-0.15, -0.1) is 0 Å². The Hall–Kier alpha value is -8.96. The van der Waals surface area contributed by atoms with E-state index in [9.17, 15) is 77.8 Å². The molecule has 9 rings (SSSR count). The smallest absolute Gasteiger partial charge is 0.870 e. The maximum atomic E-state index is 14.9. The number of aromatic nitrogens is 2. The van der Waals surface area contributed by atoms with Crippen LogP contribution in [0.2, 0.25) is 0 Å². The number of pyridine rings is 2. The molecule has 524 valence electrons. The van der Waals surface area contributed by atoms with Gasteiger partial charge in [0.05, 0.1) is 29.4 Å². The first kappa shape index (κ1) is 83.3. The molecule has 1 aliphatic rings. The first-order valence-electron chi connectivity index (χ1n) is 29.9. The van der Waals surface area contributed by atoms with Crippen molar-refractivity contribution in [2.75, 3.05) is 31.0 Å². The molecular formula is C71H79F10LiN6O10. The van der Waals surface area contributed by atoms with Crippen LogP contribution in [0.15, 0.2) is 119 Å². The van der Waals surface area contributed by atoms with E-state index in [1.54, 1.807) is 49.4 Å². The molecule has 0 radical (unpaired) electrons. The predicted molar refractivity (Wildman–Crippen MR) is 353 cm³/mol. The molecule has 16 nitrogen and oxygen atoms in total. The van der Waals surface area contributed by atoms with Crippen LogP contribution in [-0.4, -0.2) is 88.0 Å². The summed E-state index contributed by atoms with van der Waals surface area (Å²) >= 11 is 0.